The number of hydrogen-bond acceptors (Lipinski definition) is 7. The van der Waals surface area contributed by atoms with Crippen LogP contribution in [0.25, 0.3) is 11.4 Å². The Balaban J connectivity index is 1.62. The van der Waals surface area contributed by atoms with Gasteiger partial charge in [-0.05, 0) is 48.9 Å². The number of phenols is 2. The summed E-state index contributed by atoms with van der Waals surface area (Å²) in [7, 11) is 0. The molecular weight excluding hydrogens is 420 g/mol. The molecule has 9 heteroatoms. The molecule has 0 saturated carbocycles. The van der Waals surface area contributed by atoms with Crippen molar-refractivity contribution in [2.45, 2.75) is 13.0 Å². The Morgan fingerprint density at radius 3 is 2.58 bits per heavy atom. The van der Waals surface area contributed by atoms with Crippen molar-refractivity contribution in [1.82, 2.24) is 19.7 Å². The maximum Gasteiger partial charge on any atom is 0.255 e. The lowest BCUT2D eigenvalue weighted by atomic mass is 9.95. The summed E-state index contributed by atoms with van der Waals surface area (Å²) in [6.45, 7) is 1.79. The zero-order chi connectivity index (χ0) is 22.9. The van der Waals surface area contributed by atoms with E-state index in [1.165, 1.54) is 0 Å². The van der Waals surface area contributed by atoms with Crippen molar-refractivity contribution in [3.8, 4) is 22.9 Å². The molecule has 0 saturated heterocycles. The van der Waals surface area contributed by atoms with Gasteiger partial charge in [-0.15, -0.1) is 5.10 Å². The monoisotopic (exact) mass is 440 g/mol. The van der Waals surface area contributed by atoms with Gasteiger partial charge in [0.1, 0.15) is 17.5 Å². The number of rotatable bonds is 4. The molecule has 1 atom stereocenters. The van der Waals surface area contributed by atoms with Gasteiger partial charge in [0.25, 0.3) is 5.91 Å². The number of pyridine rings is 1. The SMILES string of the molecule is CC1=C(C(=O)Nc2cccnc2)C(c2cccc(O)c2)n2nc(-c3cccc(O)c3)nc2N1. The fourth-order valence-corrected chi connectivity index (χ4v) is 3.85. The van der Waals surface area contributed by atoms with Crippen LogP contribution in [-0.2, 0) is 4.79 Å². The largest absolute Gasteiger partial charge is 0.508 e. The molecule has 164 valence electrons. The van der Waals surface area contributed by atoms with Crippen LogP contribution in [0.3, 0.4) is 0 Å². The molecule has 2 aromatic carbocycles. The van der Waals surface area contributed by atoms with E-state index in [-0.39, 0.29) is 17.4 Å². The predicted octanol–water partition coefficient (Wildman–Crippen LogP) is 3.68. The number of amides is 1. The van der Waals surface area contributed by atoms with Gasteiger partial charge in [-0.1, -0.05) is 24.3 Å². The second-order valence-electron chi connectivity index (χ2n) is 7.61. The molecular formula is C24H20N6O3. The topological polar surface area (TPSA) is 125 Å². The molecule has 0 bridgehead atoms. The first-order valence-corrected chi connectivity index (χ1v) is 10.2. The number of fused-ring (bicyclic) bond motifs is 1. The maximum atomic E-state index is 13.4. The maximum absolute atomic E-state index is 13.4. The van der Waals surface area contributed by atoms with Crippen LogP contribution < -0.4 is 10.6 Å². The molecule has 1 amide bonds. The zero-order valence-corrected chi connectivity index (χ0v) is 17.6. The van der Waals surface area contributed by atoms with E-state index in [9.17, 15) is 15.0 Å². The molecule has 5 rings (SSSR count). The second-order valence-corrected chi connectivity index (χ2v) is 7.61. The van der Waals surface area contributed by atoms with Crippen molar-refractivity contribution in [2.75, 3.05) is 10.6 Å². The fraction of sp³-hybridized carbons (Fsp3) is 0.0833. The fourth-order valence-electron chi connectivity index (χ4n) is 3.85. The molecule has 3 heterocycles. The van der Waals surface area contributed by atoms with Crippen molar-refractivity contribution in [3.05, 3.63) is 89.9 Å². The van der Waals surface area contributed by atoms with E-state index < -0.39 is 6.04 Å². The minimum absolute atomic E-state index is 0.0746. The molecule has 0 radical (unpaired) electrons. The highest BCUT2D eigenvalue weighted by Crippen LogP contribution is 2.37. The van der Waals surface area contributed by atoms with E-state index in [0.717, 1.165) is 0 Å². The quantitative estimate of drug-likeness (QED) is 0.381. The number of carbonyl (C=O) groups is 1. The van der Waals surface area contributed by atoms with Crippen LogP contribution in [0.1, 0.15) is 18.5 Å². The van der Waals surface area contributed by atoms with Crippen LogP contribution in [0.4, 0.5) is 11.6 Å². The van der Waals surface area contributed by atoms with Gasteiger partial charge in [-0.25, -0.2) is 4.68 Å². The summed E-state index contributed by atoms with van der Waals surface area (Å²) in [6, 6.07) is 16.2. The highest BCUT2D eigenvalue weighted by Gasteiger charge is 2.34. The first-order chi connectivity index (χ1) is 16.0. The minimum Gasteiger partial charge on any atom is -0.508 e. The van der Waals surface area contributed by atoms with Gasteiger partial charge < -0.3 is 20.8 Å². The first kappa shape index (κ1) is 20.3. The Morgan fingerprint density at radius 2 is 1.85 bits per heavy atom. The summed E-state index contributed by atoms with van der Waals surface area (Å²) >= 11 is 0. The van der Waals surface area contributed by atoms with Crippen LogP contribution in [0, 0.1) is 0 Å². The third-order valence-electron chi connectivity index (χ3n) is 5.31. The molecule has 4 N–H and O–H groups in total. The summed E-state index contributed by atoms with van der Waals surface area (Å²) < 4.78 is 1.61. The number of anilines is 2. The highest BCUT2D eigenvalue weighted by molar-refractivity contribution is 6.06. The summed E-state index contributed by atoms with van der Waals surface area (Å²) in [5.74, 6) is 0.674. The van der Waals surface area contributed by atoms with E-state index in [0.29, 0.717) is 39.9 Å². The van der Waals surface area contributed by atoms with Crippen LogP contribution >= 0.6 is 0 Å². The smallest absolute Gasteiger partial charge is 0.255 e. The van der Waals surface area contributed by atoms with E-state index >= 15 is 0 Å². The standard InChI is InChI=1S/C24H20N6O3/c1-14-20(23(33)27-17-7-4-10-25-13-17)21(15-5-2-8-18(31)11-15)30-24(26-14)28-22(29-30)16-6-3-9-19(32)12-16/h2-13,21,31-32H,1H3,(H,27,33)(H,26,28,29). The Labute approximate surface area is 189 Å². The third kappa shape index (κ3) is 3.87. The van der Waals surface area contributed by atoms with E-state index in [4.69, 9.17) is 0 Å². The van der Waals surface area contributed by atoms with Crippen LogP contribution in [0.2, 0.25) is 0 Å². The van der Waals surface area contributed by atoms with Crippen molar-refractivity contribution in [3.63, 3.8) is 0 Å². The molecule has 1 aliphatic rings. The van der Waals surface area contributed by atoms with Crippen molar-refractivity contribution in [2.24, 2.45) is 0 Å². The summed E-state index contributed by atoms with van der Waals surface area (Å²) in [5, 5.41) is 30.7. The number of phenolic OH excluding ortho intramolecular Hbond substituents is 2. The lowest BCUT2D eigenvalue weighted by molar-refractivity contribution is -0.113. The molecule has 1 aliphatic heterocycles. The molecule has 1 unspecified atom stereocenters. The normalized spacial score (nSPS) is 15.0. The zero-order valence-electron chi connectivity index (χ0n) is 17.6. The number of nitrogens with one attached hydrogen (secondary N) is 2. The summed E-state index contributed by atoms with van der Waals surface area (Å²) in [5.41, 5.74) is 2.88. The highest BCUT2D eigenvalue weighted by atomic mass is 16.3. The van der Waals surface area contributed by atoms with Gasteiger partial charge in [-0.3, -0.25) is 9.78 Å². The van der Waals surface area contributed by atoms with Crippen molar-refractivity contribution < 1.29 is 15.0 Å². The van der Waals surface area contributed by atoms with Crippen LogP contribution in [0.15, 0.2) is 84.3 Å². The number of carbonyl (C=O) groups excluding carboxylic acids is 1. The molecule has 33 heavy (non-hydrogen) atoms. The van der Waals surface area contributed by atoms with E-state index in [1.54, 1.807) is 78.6 Å². The summed E-state index contributed by atoms with van der Waals surface area (Å²) in [4.78, 5) is 22.0. The molecule has 0 fully saturated rings. The average Bonchev–Trinajstić information content (AvgIpc) is 3.22. The van der Waals surface area contributed by atoms with E-state index in [1.807, 2.05) is 6.07 Å². The molecule has 9 nitrogen and oxygen atoms in total. The second kappa shape index (κ2) is 8.12. The molecule has 0 spiro atoms. The Morgan fingerprint density at radius 1 is 1.06 bits per heavy atom. The lowest BCUT2D eigenvalue weighted by Crippen LogP contribution is -2.31. The van der Waals surface area contributed by atoms with Gasteiger partial charge >= 0.3 is 0 Å². The summed E-state index contributed by atoms with van der Waals surface area (Å²) in [6.07, 6.45) is 3.19. The first-order valence-electron chi connectivity index (χ1n) is 10.2. The van der Waals surface area contributed by atoms with Crippen LogP contribution in [-0.4, -0.2) is 35.9 Å². The molecule has 2 aromatic heterocycles. The number of benzene rings is 2. The Kier molecular flexibility index (Phi) is 4.98. The Hall–Kier alpha value is -4.66. The van der Waals surface area contributed by atoms with Crippen molar-refractivity contribution >= 4 is 17.5 Å². The number of hydrogen-bond donors (Lipinski definition) is 4. The number of aromatic nitrogens is 4. The minimum atomic E-state index is -0.649. The number of aromatic hydroxyl groups is 2. The van der Waals surface area contributed by atoms with Gasteiger partial charge in [-0.2, -0.15) is 4.98 Å². The van der Waals surface area contributed by atoms with Gasteiger partial charge in [0.15, 0.2) is 5.82 Å². The van der Waals surface area contributed by atoms with E-state index in [2.05, 4.69) is 25.7 Å². The molecule has 4 aromatic rings. The number of nitrogens with zero attached hydrogens (tertiary/aromatic N) is 4. The van der Waals surface area contributed by atoms with Gasteiger partial charge in [0.2, 0.25) is 5.95 Å². The average molecular weight is 440 g/mol. The van der Waals surface area contributed by atoms with Crippen molar-refractivity contribution in [1.29, 1.82) is 0 Å². The van der Waals surface area contributed by atoms with Crippen LogP contribution in [0.5, 0.6) is 11.5 Å². The predicted molar refractivity (Wildman–Crippen MR) is 123 cm³/mol. The lowest BCUT2D eigenvalue weighted by Gasteiger charge is -2.28. The van der Waals surface area contributed by atoms with Gasteiger partial charge in [0, 0.05) is 17.5 Å². The number of allylic oxidation sites excluding steroid dienone is 1. The third-order valence-corrected chi connectivity index (χ3v) is 5.31. The Bertz CT molecular complexity index is 1380. The van der Waals surface area contributed by atoms with Gasteiger partial charge in [0.05, 0.1) is 17.5 Å². The molecule has 0 aliphatic carbocycles.